The fourth-order valence-electron chi connectivity index (χ4n) is 2.89. The second kappa shape index (κ2) is 7.53. The van der Waals surface area contributed by atoms with Crippen LogP contribution < -0.4 is 5.43 Å². The normalized spacial score (nSPS) is 15.5. The number of fused-ring (bicyclic) bond motifs is 1. The number of amides is 2. The Labute approximate surface area is 170 Å². The second-order valence-corrected chi connectivity index (χ2v) is 7.68. The van der Waals surface area contributed by atoms with Crippen molar-refractivity contribution in [1.29, 1.82) is 0 Å². The zero-order valence-corrected chi connectivity index (χ0v) is 16.0. The molecule has 28 heavy (non-hydrogen) atoms. The Morgan fingerprint density at radius 1 is 1.04 bits per heavy atom. The highest BCUT2D eigenvalue weighted by Crippen LogP contribution is 2.33. The Morgan fingerprint density at radius 3 is 2.57 bits per heavy atom. The molecule has 0 spiro atoms. The van der Waals surface area contributed by atoms with E-state index in [0.717, 1.165) is 33.1 Å². The van der Waals surface area contributed by atoms with Crippen molar-refractivity contribution in [3.05, 3.63) is 88.6 Å². The van der Waals surface area contributed by atoms with Gasteiger partial charge in [-0.2, -0.15) is 5.01 Å². The number of thioether (sulfide) groups is 1. The zero-order valence-electron chi connectivity index (χ0n) is 14.4. The fraction of sp³-hybridized carbons (Fsp3) is 0. The molecule has 1 aliphatic heterocycles. The predicted molar refractivity (Wildman–Crippen MR) is 113 cm³/mol. The molecule has 0 radical (unpaired) electrons. The topological polar surface area (TPSA) is 49.4 Å². The third-order valence-corrected chi connectivity index (χ3v) is 5.54. The standard InChI is InChI=1S/C21H13FN2O2S2/c22-17-11-4-3-10-16(17)19(25)23-24-20(26)18(28-21(24)27)12-14-8-5-7-13-6-1-2-9-15(13)14/h1-12H,(H,23,25)/b18-12-. The van der Waals surface area contributed by atoms with Gasteiger partial charge in [0, 0.05) is 0 Å². The third-order valence-electron chi connectivity index (χ3n) is 4.24. The van der Waals surface area contributed by atoms with Crippen LogP contribution in [0.2, 0.25) is 0 Å². The molecule has 0 saturated carbocycles. The lowest BCUT2D eigenvalue weighted by atomic mass is 10.0. The van der Waals surface area contributed by atoms with Gasteiger partial charge in [-0.15, -0.1) is 0 Å². The van der Waals surface area contributed by atoms with Gasteiger partial charge >= 0.3 is 0 Å². The smallest absolute Gasteiger partial charge is 0.267 e. The van der Waals surface area contributed by atoms with Crippen molar-refractivity contribution in [3.63, 3.8) is 0 Å². The summed E-state index contributed by atoms with van der Waals surface area (Å²) in [6.07, 6.45) is 1.75. The van der Waals surface area contributed by atoms with Crippen LogP contribution in [0, 0.1) is 5.82 Å². The van der Waals surface area contributed by atoms with Crippen molar-refractivity contribution < 1.29 is 14.0 Å². The SMILES string of the molecule is O=C(NN1C(=O)/C(=C/c2cccc3ccccc23)SC1=S)c1ccccc1F. The highest BCUT2D eigenvalue weighted by molar-refractivity contribution is 8.26. The quantitative estimate of drug-likeness (QED) is 0.511. The van der Waals surface area contributed by atoms with E-state index < -0.39 is 17.6 Å². The molecule has 3 aromatic carbocycles. The van der Waals surface area contributed by atoms with Crippen LogP contribution in [0.15, 0.2) is 71.6 Å². The number of benzene rings is 3. The van der Waals surface area contributed by atoms with Crippen molar-refractivity contribution in [3.8, 4) is 0 Å². The maximum Gasteiger partial charge on any atom is 0.285 e. The summed E-state index contributed by atoms with van der Waals surface area (Å²) in [6, 6.07) is 19.2. The molecule has 0 aliphatic carbocycles. The Bertz CT molecular complexity index is 1150. The van der Waals surface area contributed by atoms with E-state index in [0.29, 0.717) is 4.91 Å². The average Bonchev–Trinajstić information content (AvgIpc) is 2.96. The predicted octanol–water partition coefficient (Wildman–Crippen LogP) is 4.53. The molecule has 1 aliphatic rings. The number of thiocarbonyl (C=S) groups is 1. The van der Waals surface area contributed by atoms with E-state index in [9.17, 15) is 14.0 Å². The molecule has 1 saturated heterocycles. The Morgan fingerprint density at radius 2 is 1.75 bits per heavy atom. The minimum Gasteiger partial charge on any atom is -0.267 e. The monoisotopic (exact) mass is 408 g/mol. The first kappa shape index (κ1) is 18.3. The zero-order chi connectivity index (χ0) is 19.7. The molecule has 0 aromatic heterocycles. The lowest BCUT2D eigenvalue weighted by Gasteiger charge is -2.15. The molecule has 7 heteroatoms. The number of nitrogens with zero attached hydrogens (tertiary/aromatic N) is 1. The van der Waals surface area contributed by atoms with Crippen molar-refractivity contribution in [2.45, 2.75) is 0 Å². The molecule has 4 rings (SSSR count). The summed E-state index contributed by atoms with van der Waals surface area (Å²) in [4.78, 5) is 25.5. The molecular weight excluding hydrogens is 395 g/mol. The molecule has 0 unspecified atom stereocenters. The number of carbonyl (C=O) groups is 2. The van der Waals surface area contributed by atoms with Crippen LogP contribution in [0.1, 0.15) is 15.9 Å². The van der Waals surface area contributed by atoms with Gasteiger partial charge in [-0.1, -0.05) is 66.4 Å². The van der Waals surface area contributed by atoms with Gasteiger partial charge in [0.15, 0.2) is 4.32 Å². The van der Waals surface area contributed by atoms with Crippen LogP contribution in [0.5, 0.6) is 0 Å². The Hall–Kier alpha value is -3.03. The third kappa shape index (κ3) is 3.42. The lowest BCUT2D eigenvalue weighted by Crippen LogP contribution is -2.45. The number of halogens is 1. The maximum absolute atomic E-state index is 13.8. The van der Waals surface area contributed by atoms with E-state index in [1.807, 2.05) is 42.5 Å². The molecule has 1 fully saturated rings. The summed E-state index contributed by atoms with van der Waals surface area (Å²) in [6.45, 7) is 0. The molecule has 0 atom stereocenters. The van der Waals surface area contributed by atoms with Gasteiger partial charge in [0.25, 0.3) is 11.8 Å². The molecule has 4 nitrogen and oxygen atoms in total. The molecule has 1 N–H and O–H groups in total. The van der Waals surface area contributed by atoms with Crippen molar-refractivity contribution in [2.75, 3.05) is 0 Å². The first-order valence-electron chi connectivity index (χ1n) is 8.36. The maximum atomic E-state index is 13.8. The van der Waals surface area contributed by atoms with Crippen LogP contribution in [0.3, 0.4) is 0 Å². The average molecular weight is 408 g/mol. The van der Waals surface area contributed by atoms with Gasteiger partial charge in [0.1, 0.15) is 5.82 Å². The van der Waals surface area contributed by atoms with Gasteiger partial charge < -0.3 is 0 Å². The number of carbonyl (C=O) groups excluding carboxylic acids is 2. The van der Waals surface area contributed by atoms with E-state index in [2.05, 4.69) is 5.43 Å². The number of nitrogens with one attached hydrogen (secondary N) is 1. The first-order chi connectivity index (χ1) is 13.5. The van der Waals surface area contributed by atoms with Gasteiger partial charge in [-0.25, -0.2) is 4.39 Å². The number of hydrogen-bond acceptors (Lipinski definition) is 4. The van der Waals surface area contributed by atoms with Gasteiger partial charge in [-0.3, -0.25) is 15.0 Å². The van der Waals surface area contributed by atoms with Crippen molar-refractivity contribution in [1.82, 2.24) is 10.4 Å². The first-order valence-corrected chi connectivity index (χ1v) is 9.58. The largest absolute Gasteiger partial charge is 0.285 e. The van der Waals surface area contributed by atoms with Crippen LogP contribution >= 0.6 is 24.0 Å². The van der Waals surface area contributed by atoms with Gasteiger partial charge in [-0.05, 0) is 46.8 Å². The van der Waals surface area contributed by atoms with Crippen LogP contribution in [0.4, 0.5) is 4.39 Å². The van der Waals surface area contributed by atoms with Crippen LogP contribution in [0.25, 0.3) is 16.8 Å². The Kier molecular flexibility index (Phi) is 4.93. The van der Waals surface area contributed by atoms with Gasteiger partial charge in [0.05, 0.1) is 10.5 Å². The van der Waals surface area contributed by atoms with Crippen molar-refractivity contribution in [2.24, 2.45) is 0 Å². The van der Waals surface area contributed by atoms with E-state index in [-0.39, 0.29) is 9.88 Å². The lowest BCUT2D eigenvalue weighted by molar-refractivity contribution is -0.123. The molecule has 138 valence electrons. The summed E-state index contributed by atoms with van der Waals surface area (Å²) in [7, 11) is 0. The summed E-state index contributed by atoms with van der Waals surface area (Å²) < 4.78 is 14.0. The van der Waals surface area contributed by atoms with Crippen molar-refractivity contribution >= 4 is 57.0 Å². The number of hydrazine groups is 1. The fourth-order valence-corrected chi connectivity index (χ4v) is 4.06. The molecule has 2 amide bonds. The molecule has 0 bridgehead atoms. The minimum absolute atomic E-state index is 0.158. The Balaban J connectivity index is 1.61. The molecule has 3 aromatic rings. The van der Waals surface area contributed by atoms with Crippen LogP contribution in [-0.2, 0) is 4.79 Å². The summed E-state index contributed by atoms with van der Waals surface area (Å²) in [5, 5.41) is 3.04. The van der Waals surface area contributed by atoms with E-state index in [4.69, 9.17) is 12.2 Å². The second-order valence-electron chi connectivity index (χ2n) is 6.01. The summed E-state index contributed by atoms with van der Waals surface area (Å²) in [5.41, 5.74) is 3.11. The highest BCUT2D eigenvalue weighted by atomic mass is 32.2. The van der Waals surface area contributed by atoms with E-state index in [1.54, 1.807) is 12.1 Å². The van der Waals surface area contributed by atoms with E-state index in [1.165, 1.54) is 18.2 Å². The number of hydrogen-bond donors (Lipinski definition) is 1. The molecular formula is C21H13FN2O2S2. The minimum atomic E-state index is -0.735. The number of rotatable bonds is 3. The van der Waals surface area contributed by atoms with E-state index >= 15 is 0 Å². The van der Waals surface area contributed by atoms with Gasteiger partial charge in [0.2, 0.25) is 0 Å². The summed E-state index contributed by atoms with van der Waals surface area (Å²) >= 11 is 6.31. The summed E-state index contributed by atoms with van der Waals surface area (Å²) in [5.74, 6) is -1.86. The van der Waals surface area contributed by atoms with Crippen LogP contribution in [-0.4, -0.2) is 21.1 Å². The molecule has 1 heterocycles. The highest BCUT2D eigenvalue weighted by Gasteiger charge is 2.34.